The minimum absolute atomic E-state index is 0.0118. The first-order chi connectivity index (χ1) is 12.6. The minimum Gasteiger partial charge on any atom is -0.338 e. The van der Waals surface area contributed by atoms with Crippen molar-refractivity contribution in [2.75, 3.05) is 19.6 Å². The largest absolute Gasteiger partial charge is 0.338 e. The maximum absolute atomic E-state index is 12.5. The Kier molecular flexibility index (Phi) is 6.14. The second-order valence-electron chi connectivity index (χ2n) is 7.43. The molecule has 3 amide bonds. The lowest BCUT2D eigenvalue weighted by Gasteiger charge is -2.38. The summed E-state index contributed by atoms with van der Waals surface area (Å²) in [6.07, 6.45) is 4.35. The van der Waals surface area contributed by atoms with Crippen LogP contribution in [0.3, 0.4) is 0 Å². The highest BCUT2D eigenvalue weighted by molar-refractivity contribution is 5.79. The Labute approximate surface area is 155 Å². The molecule has 0 saturated carbocycles. The van der Waals surface area contributed by atoms with E-state index in [1.807, 2.05) is 28.9 Å². The van der Waals surface area contributed by atoms with E-state index in [1.165, 1.54) is 11.1 Å². The lowest BCUT2D eigenvalue weighted by Crippen LogP contribution is -2.52. The number of hydrogen-bond donors (Lipinski definition) is 2. The van der Waals surface area contributed by atoms with Gasteiger partial charge in [-0.1, -0.05) is 24.3 Å². The lowest BCUT2D eigenvalue weighted by molar-refractivity contribution is -0.135. The number of hydrogen-bond acceptors (Lipinski definition) is 3. The number of nitrogens with zero attached hydrogens (tertiary/aromatic N) is 2. The van der Waals surface area contributed by atoms with Crippen LogP contribution in [0, 0.1) is 0 Å². The normalized spacial score (nSPS) is 21.1. The molecular weight excluding hydrogens is 328 g/mol. The number of amides is 3. The molecule has 0 spiro atoms. The minimum atomic E-state index is -0.0882. The van der Waals surface area contributed by atoms with E-state index < -0.39 is 0 Å². The number of benzene rings is 1. The predicted octanol–water partition coefficient (Wildman–Crippen LogP) is 1.87. The van der Waals surface area contributed by atoms with Crippen LogP contribution < -0.4 is 11.1 Å². The molecule has 0 radical (unpaired) electrons. The molecule has 2 unspecified atom stereocenters. The maximum atomic E-state index is 12.5. The number of likely N-dealkylation sites (tertiary alicyclic amines) is 1. The molecule has 1 aromatic rings. The monoisotopic (exact) mass is 358 g/mol. The van der Waals surface area contributed by atoms with Crippen LogP contribution in [0.5, 0.6) is 0 Å². The smallest absolute Gasteiger partial charge is 0.317 e. The highest BCUT2D eigenvalue weighted by Gasteiger charge is 2.29. The fourth-order valence-corrected chi connectivity index (χ4v) is 4.01. The second kappa shape index (κ2) is 8.54. The topological polar surface area (TPSA) is 78.7 Å². The average Bonchev–Trinajstić information content (AvgIpc) is 2.67. The fraction of sp³-hybridized carbons (Fsp3) is 0.600. The van der Waals surface area contributed by atoms with Crippen molar-refractivity contribution in [1.29, 1.82) is 0 Å². The van der Waals surface area contributed by atoms with Crippen LogP contribution in [-0.2, 0) is 17.8 Å². The van der Waals surface area contributed by atoms with Crippen molar-refractivity contribution in [3.63, 3.8) is 0 Å². The molecule has 0 aromatic heterocycles. The first kappa shape index (κ1) is 18.7. The number of fused-ring (bicyclic) bond motifs is 1. The highest BCUT2D eigenvalue weighted by Crippen LogP contribution is 2.20. The molecule has 6 heteroatoms. The van der Waals surface area contributed by atoms with Gasteiger partial charge in [0.15, 0.2) is 0 Å². The number of piperidine rings is 1. The number of nitrogens with two attached hydrogens (primary N) is 1. The van der Waals surface area contributed by atoms with Gasteiger partial charge in [-0.25, -0.2) is 4.79 Å². The van der Waals surface area contributed by atoms with Crippen LogP contribution in [0.4, 0.5) is 4.79 Å². The van der Waals surface area contributed by atoms with Crippen molar-refractivity contribution in [3.05, 3.63) is 35.4 Å². The van der Waals surface area contributed by atoms with E-state index in [2.05, 4.69) is 17.4 Å². The quantitative estimate of drug-likeness (QED) is 0.862. The third-order valence-corrected chi connectivity index (χ3v) is 5.51. The molecule has 26 heavy (non-hydrogen) atoms. The van der Waals surface area contributed by atoms with Gasteiger partial charge in [-0.3, -0.25) is 4.79 Å². The van der Waals surface area contributed by atoms with Gasteiger partial charge in [0, 0.05) is 44.7 Å². The summed E-state index contributed by atoms with van der Waals surface area (Å²) in [4.78, 5) is 28.7. The Balaban J connectivity index is 1.46. The fourth-order valence-electron chi connectivity index (χ4n) is 4.01. The second-order valence-corrected chi connectivity index (χ2v) is 7.43. The van der Waals surface area contributed by atoms with Crippen LogP contribution >= 0.6 is 0 Å². The van der Waals surface area contributed by atoms with Gasteiger partial charge in [0.05, 0.1) is 0 Å². The van der Waals surface area contributed by atoms with Crippen molar-refractivity contribution in [3.8, 4) is 0 Å². The Morgan fingerprint density at radius 2 is 2.00 bits per heavy atom. The third-order valence-electron chi connectivity index (χ3n) is 5.51. The van der Waals surface area contributed by atoms with E-state index in [0.717, 1.165) is 38.8 Å². The Bertz CT molecular complexity index is 646. The van der Waals surface area contributed by atoms with Gasteiger partial charge in [-0.15, -0.1) is 0 Å². The summed E-state index contributed by atoms with van der Waals surface area (Å²) in [6, 6.07) is 8.27. The SMILES string of the molecule is CC(N)C1CCCCN1C(=O)CCNC(=O)N1CCc2ccccc2C1. The van der Waals surface area contributed by atoms with Gasteiger partial charge in [0.2, 0.25) is 5.91 Å². The summed E-state index contributed by atoms with van der Waals surface area (Å²) in [5.41, 5.74) is 8.56. The predicted molar refractivity (Wildman–Crippen MR) is 102 cm³/mol. The molecule has 0 aliphatic carbocycles. The summed E-state index contributed by atoms with van der Waals surface area (Å²) < 4.78 is 0. The molecule has 3 rings (SSSR count). The standard InChI is InChI=1S/C20H30N4O2/c1-15(21)18-8-4-5-12-24(18)19(25)9-11-22-20(26)23-13-10-16-6-2-3-7-17(16)14-23/h2-3,6-7,15,18H,4-5,8-14,21H2,1H3,(H,22,26). The maximum Gasteiger partial charge on any atom is 0.317 e. The van der Waals surface area contributed by atoms with E-state index >= 15 is 0 Å². The van der Waals surface area contributed by atoms with Crippen LogP contribution in [0.15, 0.2) is 24.3 Å². The molecule has 1 aromatic carbocycles. The van der Waals surface area contributed by atoms with Crippen LogP contribution in [-0.4, -0.2) is 53.5 Å². The molecule has 2 atom stereocenters. The molecule has 1 fully saturated rings. The van der Waals surface area contributed by atoms with Crippen molar-refractivity contribution in [1.82, 2.24) is 15.1 Å². The molecule has 2 heterocycles. The zero-order chi connectivity index (χ0) is 18.5. The first-order valence-electron chi connectivity index (χ1n) is 9.71. The summed E-state index contributed by atoms with van der Waals surface area (Å²) in [5.74, 6) is 0.0938. The molecule has 3 N–H and O–H groups in total. The summed E-state index contributed by atoms with van der Waals surface area (Å²) in [5, 5.41) is 2.91. The number of rotatable bonds is 4. The number of nitrogens with one attached hydrogen (secondary N) is 1. The zero-order valence-corrected chi connectivity index (χ0v) is 15.6. The molecule has 2 aliphatic heterocycles. The van der Waals surface area contributed by atoms with E-state index in [0.29, 0.717) is 19.5 Å². The molecule has 6 nitrogen and oxygen atoms in total. The summed E-state index contributed by atoms with van der Waals surface area (Å²) in [7, 11) is 0. The lowest BCUT2D eigenvalue weighted by atomic mass is 9.96. The van der Waals surface area contributed by atoms with Crippen LogP contribution in [0.1, 0.15) is 43.7 Å². The molecule has 2 aliphatic rings. The zero-order valence-electron chi connectivity index (χ0n) is 15.6. The van der Waals surface area contributed by atoms with Gasteiger partial charge in [-0.2, -0.15) is 0 Å². The Morgan fingerprint density at radius 1 is 1.23 bits per heavy atom. The van der Waals surface area contributed by atoms with Crippen molar-refractivity contribution >= 4 is 11.9 Å². The Morgan fingerprint density at radius 3 is 2.77 bits per heavy atom. The van der Waals surface area contributed by atoms with E-state index in [-0.39, 0.29) is 24.0 Å². The third kappa shape index (κ3) is 4.36. The number of carbonyl (C=O) groups is 2. The van der Waals surface area contributed by atoms with Crippen molar-refractivity contribution in [2.24, 2.45) is 5.73 Å². The van der Waals surface area contributed by atoms with Gasteiger partial charge in [-0.05, 0) is 43.7 Å². The van der Waals surface area contributed by atoms with Crippen LogP contribution in [0.2, 0.25) is 0 Å². The highest BCUT2D eigenvalue weighted by atomic mass is 16.2. The summed E-state index contributed by atoms with van der Waals surface area (Å²) >= 11 is 0. The van der Waals surface area contributed by atoms with E-state index in [1.54, 1.807) is 0 Å². The van der Waals surface area contributed by atoms with Crippen LogP contribution in [0.25, 0.3) is 0 Å². The number of urea groups is 1. The van der Waals surface area contributed by atoms with Gasteiger partial charge in [0.25, 0.3) is 0 Å². The molecular formula is C20H30N4O2. The number of carbonyl (C=O) groups excluding carboxylic acids is 2. The average molecular weight is 358 g/mol. The van der Waals surface area contributed by atoms with Gasteiger partial charge >= 0.3 is 6.03 Å². The van der Waals surface area contributed by atoms with Crippen molar-refractivity contribution < 1.29 is 9.59 Å². The molecule has 0 bridgehead atoms. The van der Waals surface area contributed by atoms with E-state index in [9.17, 15) is 9.59 Å². The summed E-state index contributed by atoms with van der Waals surface area (Å²) in [6.45, 7) is 4.47. The molecule has 142 valence electrons. The molecule has 1 saturated heterocycles. The van der Waals surface area contributed by atoms with Crippen molar-refractivity contribution in [2.45, 2.75) is 57.7 Å². The first-order valence-corrected chi connectivity index (χ1v) is 9.71. The Hall–Kier alpha value is -2.08. The van der Waals surface area contributed by atoms with E-state index in [4.69, 9.17) is 5.73 Å². The van der Waals surface area contributed by atoms with Gasteiger partial charge in [0.1, 0.15) is 0 Å². The van der Waals surface area contributed by atoms with Gasteiger partial charge < -0.3 is 20.9 Å².